The van der Waals surface area contributed by atoms with E-state index >= 15 is 0 Å². The lowest BCUT2D eigenvalue weighted by atomic mass is 9.77. The van der Waals surface area contributed by atoms with Gasteiger partial charge >= 0.3 is 0 Å². The zero-order valence-electron chi connectivity index (χ0n) is 13.8. The van der Waals surface area contributed by atoms with Gasteiger partial charge in [0, 0.05) is 0 Å². The average Bonchev–Trinajstić information content (AvgIpc) is 2.63. The maximum atomic E-state index is 6.11. The van der Waals surface area contributed by atoms with Crippen LogP contribution in [0.5, 0.6) is 5.75 Å². The molecule has 0 saturated heterocycles. The molecular formula is C21H27NO. The third-order valence-electron chi connectivity index (χ3n) is 5.01. The number of ether oxygens (including phenoxy) is 1. The molecule has 2 aromatic rings. The first-order valence-electron chi connectivity index (χ1n) is 8.83. The lowest BCUT2D eigenvalue weighted by Crippen LogP contribution is -2.23. The molecule has 1 saturated carbocycles. The van der Waals surface area contributed by atoms with Crippen LogP contribution in [-0.2, 0) is 6.61 Å². The normalized spacial score (nSPS) is 16.9. The molecule has 0 radical (unpaired) electrons. The van der Waals surface area contributed by atoms with Gasteiger partial charge in [-0.3, -0.25) is 0 Å². The highest BCUT2D eigenvalue weighted by Crippen LogP contribution is 2.36. The molecule has 1 aliphatic rings. The molecule has 0 bridgehead atoms. The van der Waals surface area contributed by atoms with E-state index in [-0.39, 0.29) is 0 Å². The molecule has 2 nitrogen and oxygen atoms in total. The SMILES string of the molecule is NCC(c1cccc(OCc2ccccc2)c1)C1CCCCC1. The average molecular weight is 309 g/mol. The van der Waals surface area contributed by atoms with Gasteiger partial charge in [-0.25, -0.2) is 0 Å². The fourth-order valence-corrected chi connectivity index (χ4v) is 3.71. The van der Waals surface area contributed by atoms with E-state index in [1.54, 1.807) is 0 Å². The van der Waals surface area contributed by atoms with E-state index in [0.29, 0.717) is 12.5 Å². The largest absolute Gasteiger partial charge is 0.489 e. The van der Waals surface area contributed by atoms with Gasteiger partial charge in [-0.05, 0) is 54.5 Å². The number of hydrogen-bond acceptors (Lipinski definition) is 2. The van der Waals surface area contributed by atoms with Crippen LogP contribution in [0.3, 0.4) is 0 Å². The van der Waals surface area contributed by atoms with Crippen molar-refractivity contribution in [1.82, 2.24) is 0 Å². The Morgan fingerprint density at radius 3 is 2.48 bits per heavy atom. The van der Waals surface area contributed by atoms with Gasteiger partial charge in [0.05, 0.1) is 0 Å². The van der Waals surface area contributed by atoms with E-state index in [4.69, 9.17) is 10.5 Å². The van der Waals surface area contributed by atoms with E-state index < -0.39 is 0 Å². The summed E-state index contributed by atoms with van der Waals surface area (Å²) >= 11 is 0. The highest BCUT2D eigenvalue weighted by atomic mass is 16.5. The third kappa shape index (κ3) is 4.35. The summed E-state index contributed by atoms with van der Waals surface area (Å²) in [5.74, 6) is 2.15. The van der Waals surface area contributed by atoms with Crippen molar-refractivity contribution >= 4 is 0 Å². The minimum absolute atomic E-state index is 0.468. The molecule has 0 spiro atoms. The Morgan fingerprint density at radius 2 is 1.74 bits per heavy atom. The second-order valence-electron chi connectivity index (χ2n) is 6.59. The second-order valence-corrected chi connectivity index (χ2v) is 6.59. The van der Waals surface area contributed by atoms with Crippen molar-refractivity contribution in [3.8, 4) is 5.75 Å². The Morgan fingerprint density at radius 1 is 0.957 bits per heavy atom. The number of nitrogens with two attached hydrogens (primary N) is 1. The maximum absolute atomic E-state index is 6.11. The topological polar surface area (TPSA) is 35.2 Å². The molecule has 1 unspecified atom stereocenters. The highest BCUT2D eigenvalue weighted by Gasteiger charge is 2.24. The molecule has 3 rings (SSSR count). The molecule has 1 fully saturated rings. The highest BCUT2D eigenvalue weighted by molar-refractivity contribution is 5.32. The Hall–Kier alpha value is -1.80. The maximum Gasteiger partial charge on any atom is 0.120 e. The monoisotopic (exact) mass is 309 g/mol. The minimum Gasteiger partial charge on any atom is -0.489 e. The van der Waals surface area contributed by atoms with Crippen molar-refractivity contribution in [2.75, 3.05) is 6.54 Å². The summed E-state index contributed by atoms with van der Waals surface area (Å²) < 4.78 is 5.97. The van der Waals surface area contributed by atoms with Gasteiger partial charge in [0.1, 0.15) is 12.4 Å². The van der Waals surface area contributed by atoms with Crippen LogP contribution in [0.4, 0.5) is 0 Å². The molecule has 0 amide bonds. The number of benzene rings is 2. The molecule has 1 aliphatic carbocycles. The van der Waals surface area contributed by atoms with Crippen LogP contribution >= 0.6 is 0 Å². The lowest BCUT2D eigenvalue weighted by molar-refractivity contribution is 0.298. The fraction of sp³-hybridized carbons (Fsp3) is 0.429. The van der Waals surface area contributed by atoms with Crippen LogP contribution in [0.1, 0.15) is 49.1 Å². The van der Waals surface area contributed by atoms with Crippen molar-refractivity contribution < 1.29 is 4.74 Å². The minimum atomic E-state index is 0.468. The Bertz CT molecular complexity index is 590. The zero-order valence-corrected chi connectivity index (χ0v) is 13.8. The Balaban J connectivity index is 1.68. The van der Waals surface area contributed by atoms with E-state index in [1.165, 1.54) is 43.2 Å². The summed E-state index contributed by atoms with van der Waals surface area (Å²) in [5.41, 5.74) is 8.64. The van der Waals surface area contributed by atoms with Gasteiger partial charge in [0.25, 0.3) is 0 Å². The Kier molecular flexibility index (Phi) is 5.71. The molecular weight excluding hydrogens is 282 g/mol. The summed E-state index contributed by atoms with van der Waals surface area (Å²) in [6.45, 7) is 1.34. The van der Waals surface area contributed by atoms with Gasteiger partial charge in [0.2, 0.25) is 0 Å². The predicted octanol–water partition coefficient (Wildman–Crippen LogP) is 4.89. The predicted molar refractivity (Wildman–Crippen MR) is 95.6 cm³/mol. The molecule has 2 heteroatoms. The van der Waals surface area contributed by atoms with Gasteiger partial charge in [0.15, 0.2) is 0 Å². The molecule has 2 aromatic carbocycles. The van der Waals surface area contributed by atoms with Crippen LogP contribution in [0.15, 0.2) is 54.6 Å². The molecule has 0 aliphatic heterocycles. The van der Waals surface area contributed by atoms with Gasteiger partial charge in [-0.2, -0.15) is 0 Å². The molecule has 1 atom stereocenters. The van der Waals surface area contributed by atoms with E-state index in [1.807, 2.05) is 24.3 Å². The number of rotatable bonds is 6. The second kappa shape index (κ2) is 8.16. The van der Waals surface area contributed by atoms with Gasteiger partial charge < -0.3 is 10.5 Å². The summed E-state index contributed by atoms with van der Waals surface area (Å²) in [6.07, 6.45) is 6.72. The van der Waals surface area contributed by atoms with E-state index in [9.17, 15) is 0 Å². The van der Waals surface area contributed by atoms with Gasteiger partial charge in [-0.15, -0.1) is 0 Å². The van der Waals surface area contributed by atoms with E-state index in [0.717, 1.165) is 18.2 Å². The van der Waals surface area contributed by atoms with Gasteiger partial charge in [-0.1, -0.05) is 61.7 Å². The molecule has 0 heterocycles. The summed E-state index contributed by atoms with van der Waals surface area (Å²) in [6, 6.07) is 18.8. The van der Waals surface area contributed by atoms with Crippen molar-refractivity contribution in [3.63, 3.8) is 0 Å². The first-order chi connectivity index (χ1) is 11.4. The molecule has 0 aromatic heterocycles. The van der Waals surface area contributed by atoms with E-state index in [2.05, 4.69) is 30.3 Å². The van der Waals surface area contributed by atoms with Crippen molar-refractivity contribution in [1.29, 1.82) is 0 Å². The first-order valence-corrected chi connectivity index (χ1v) is 8.83. The molecule has 122 valence electrons. The van der Waals surface area contributed by atoms with Crippen LogP contribution in [0, 0.1) is 5.92 Å². The standard InChI is InChI=1S/C21H27NO/c22-15-21(18-10-5-2-6-11-18)19-12-7-13-20(14-19)23-16-17-8-3-1-4-9-17/h1,3-4,7-9,12-14,18,21H,2,5-6,10-11,15-16,22H2. The quantitative estimate of drug-likeness (QED) is 0.824. The lowest BCUT2D eigenvalue weighted by Gasteiger charge is -2.30. The summed E-state index contributed by atoms with van der Waals surface area (Å²) in [5, 5.41) is 0. The Labute approximate surface area is 139 Å². The summed E-state index contributed by atoms with van der Waals surface area (Å²) in [7, 11) is 0. The molecule has 2 N–H and O–H groups in total. The van der Waals surface area contributed by atoms with Crippen molar-refractivity contribution in [2.24, 2.45) is 11.7 Å². The zero-order chi connectivity index (χ0) is 15.9. The third-order valence-corrected chi connectivity index (χ3v) is 5.01. The number of hydrogen-bond donors (Lipinski definition) is 1. The van der Waals surface area contributed by atoms with Crippen LogP contribution in [0.2, 0.25) is 0 Å². The van der Waals surface area contributed by atoms with Crippen molar-refractivity contribution in [3.05, 3.63) is 65.7 Å². The van der Waals surface area contributed by atoms with Crippen LogP contribution in [-0.4, -0.2) is 6.54 Å². The van der Waals surface area contributed by atoms with Crippen LogP contribution in [0.25, 0.3) is 0 Å². The van der Waals surface area contributed by atoms with Crippen molar-refractivity contribution in [2.45, 2.75) is 44.6 Å². The smallest absolute Gasteiger partial charge is 0.120 e. The summed E-state index contributed by atoms with van der Waals surface area (Å²) in [4.78, 5) is 0. The molecule has 23 heavy (non-hydrogen) atoms. The fourth-order valence-electron chi connectivity index (χ4n) is 3.71. The van der Waals surface area contributed by atoms with Crippen LogP contribution < -0.4 is 10.5 Å². The first kappa shape index (κ1) is 16.1.